The second kappa shape index (κ2) is 7.38. The van der Waals surface area contributed by atoms with Gasteiger partial charge in [-0.2, -0.15) is 0 Å². The van der Waals surface area contributed by atoms with Crippen LogP contribution in [0.2, 0.25) is 0 Å². The van der Waals surface area contributed by atoms with Crippen molar-refractivity contribution >= 4 is 0 Å². The molecule has 0 spiro atoms. The Morgan fingerprint density at radius 1 is 1.29 bits per heavy atom. The maximum atomic E-state index is 2.72. The molecule has 3 unspecified atom stereocenters. The molecule has 0 bridgehead atoms. The molecule has 1 aliphatic heterocycles. The molecule has 0 aliphatic carbocycles. The molecule has 0 amide bonds. The lowest BCUT2D eigenvalue weighted by molar-refractivity contribution is 0.177. The Hall–Kier alpha value is -0.0800. The molecule has 0 aromatic heterocycles. The van der Waals surface area contributed by atoms with E-state index in [0.29, 0.717) is 0 Å². The highest BCUT2D eigenvalue weighted by molar-refractivity contribution is 4.80. The zero-order valence-electron chi connectivity index (χ0n) is 12.6. The van der Waals surface area contributed by atoms with Crippen molar-refractivity contribution in [1.82, 2.24) is 9.80 Å². The van der Waals surface area contributed by atoms with Crippen LogP contribution >= 0.6 is 0 Å². The van der Waals surface area contributed by atoms with Gasteiger partial charge < -0.3 is 9.80 Å². The van der Waals surface area contributed by atoms with Crippen molar-refractivity contribution in [2.45, 2.75) is 65.5 Å². The van der Waals surface area contributed by atoms with Crippen LogP contribution in [0.1, 0.15) is 53.4 Å². The van der Waals surface area contributed by atoms with Gasteiger partial charge in [0, 0.05) is 18.6 Å². The molecule has 0 aromatic carbocycles. The topological polar surface area (TPSA) is 6.48 Å². The summed E-state index contributed by atoms with van der Waals surface area (Å²) < 4.78 is 0. The lowest BCUT2D eigenvalue weighted by Crippen LogP contribution is -2.37. The predicted molar refractivity (Wildman–Crippen MR) is 76.4 cm³/mol. The van der Waals surface area contributed by atoms with Crippen molar-refractivity contribution in [3.63, 3.8) is 0 Å². The molecule has 0 N–H and O–H groups in total. The highest BCUT2D eigenvalue weighted by Crippen LogP contribution is 2.21. The van der Waals surface area contributed by atoms with Gasteiger partial charge >= 0.3 is 0 Å². The molecule has 1 rings (SSSR count). The molecule has 1 heterocycles. The lowest BCUT2D eigenvalue weighted by atomic mass is 10.1. The molecule has 102 valence electrons. The fourth-order valence-corrected chi connectivity index (χ4v) is 2.83. The van der Waals surface area contributed by atoms with Crippen molar-refractivity contribution in [3.8, 4) is 0 Å². The SMILES string of the molecule is CCC(C)N(C)CCC(CC)N1CCC(C)C1. The van der Waals surface area contributed by atoms with Crippen LogP contribution in [0, 0.1) is 5.92 Å². The van der Waals surface area contributed by atoms with Gasteiger partial charge in [0.1, 0.15) is 0 Å². The fraction of sp³-hybridized carbons (Fsp3) is 1.00. The molecular formula is C15H32N2. The largest absolute Gasteiger partial charge is 0.304 e. The molecule has 1 saturated heterocycles. The first-order valence-corrected chi connectivity index (χ1v) is 7.52. The first kappa shape index (κ1) is 15.0. The Kier molecular flexibility index (Phi) is 6.50. The summed E-state index contributed by atoms with van der Waals surface area (Å²) in [6.45, 7) is 13.2. The van der Waals surface area contributed by atoms with E-state index in [-0.39, 0.29) is 0 Å². The number of hydrogen-bond acceptors (Lipinski definition) is 2. The molecule has 1 aliphatic rings. The minimum Gasteiger partial charge on any atom is -0.304 e. The van der Waals surface area contributed by atoms with E-state index >= 15 is 0 Å². The molecule has 2 nitrogen and oxygen atoms in total. The highest BCUT2D eigenvalue weighted by atomic mass is 15.2. The van der Waals surface area contributed by atoms with Crippen LogP contribution in [0.25, 0.3) is 0 Å². The summed E-state index contributed by atoms with van der Waals surface area (Å²) in [5, 5.41) is 0. The van der Waals surface area contributed by atoms with E-state index in [2.05, 4.69) is 44.5 Å². The molecule has 0 radical (unpaired) electrons. The second-order valence-corrected chi connectivity index (χ2v) is 5.98. The van der Waals surface area contributed by atoms with Gasteiger partial charge in [-0.3, -0.25) is 0 Å². The number of rotatable bonds is 7. The maximum Gasteiger partial charge on any atom is 0.0105 e. The van der Waals surface area contributed by atoms with Crippen molar-refractivity contribution in [3.05, 3.63) is 0 Å². The first-order chi connectivity index (χ1) is 8.08. The van der Waals surface area contributed by atoms with Crippen LogP contribution in [-0.2, 0) is 0 Å². The van der Waals surface area contributed by atoms with Crippen molar-refractivity contribution in [1.29, 1.82) is 0 Å². The molecule has 17 heavy (non-hydrogen) atoms. The van der Waals surface area contributed by atoms with Gasteiger partial charge in [0.2, 0.25) is 0 Å². The summed E-state index contributed by atoms with van der Waals surface area (Å²) in [6, 6.07) is 1.54. The van der Waals surface area contributed by atoms with E-state index in [9.17, 15) is 0 Å². The predicted octanol–water partition coefficient (Wildman–Crippen LogP) is 3.23. The van der Waals surface area contributed by atoms with Crippen LogP contribution in [0.4, 0.5) is 0 Å². The molecule has 1 fully saturated rings. The van der Waals surface area contributed by atoms with Crippen LogP contribution in [0.15, 0.2) is 0 Å². The van der Waals surface area contributed by atoms with Crippen LogP contribution in [-0.4, -0.2) is 48.6 Å². The Morgan fingerprint density at radius 3 is 2.47 bits per heavy atom. The number of likely N-dealkylation sites (tertiary alicyclic amines) is 1. The minimum atomic E-state index is 0.727. The third kappa shape index (κ3) is 4.59. The van der Waals surface area contributed by atoms with Crippen LogP contribution in [0.3, 0.4) is 0 Å². The van der Waals surface area contributed by atoms with Gasteiger partial charge in [0.15, 0.2) is 0 Å². The first-order valence-electron chi connectivity index (χ1n) is 7.52. The lowest BCUT2D eigenvalue weighted by Gasteiger charge is -2.30. The molecular weight excluding hydrogens is 208 g/mol. The number of nitrogens with zero attached hydrogens (tertiary/aromatic N) is 2. The zero-order chi connectivity index (χ0) is 12.8. The summed E-state index contributed by atoms with van der Waals surface area (Å²) in [4.78, 5) is 5.23. The second-order valence-electron chi connectivity index (χ2n) is 5.98. The van der Waals surface area contributed by atoms with E-state index in [1.54, 1.807) is 0 Å². The van der Waals surface area contributed by atoms with Gasteiger partial charge in [-0.15, -0.1) is 0 Å². The minimum absolute atomic E-state index is 0.727. The summed E-state index contributed by atoms with van der Waals surface area (Å²) in [7, 11) is 2.27. The Morgan fingerprint density at radius 2 is 2.00 bits per heavy atom. The average molecular weight is 240 g/mol. The van der Waals surface area contributed by atoms with Gasteiger partial charge in [-0.1, -0.05) is 20.8 Å². The van der Waals surface area contributed by atoms with Crippen molar-refractivity contribution in [2.24, 2.45) is 5.92 Å². The highest BCUT2D eigenvalue weighted by Gasteiger charge is 2.24. The molecule has 3 atom stereocenters. The van der Waals surface area contributed by atoms with E-state index in [0.717, 1.165) is 18.0 Å². The summed E-state index contributed by atoms with van der Waals surface area (Å²) in [6.07, 6.45) is 5.30. The van der Waals surface area contributed by atoms with Crippen molar-refractivity contribution < 1.29 is 0 Å². The normalized spacial score (nSPS) is 25.4. The van der Waals surface area contributed by atoms with E-state index < -0.39 is 0 Å². The summed E-state index contributed by atoms with van der Waals surface area (Å²) in [5.74, 6) is 0.913. The van der Waals surface area contributed by atoms with E-state index in [4.69, 9.17) is 0 Å². The van der Waals surface area contributed by atoms with Crippen LogP contribution in [0.5, 0.6) is 0 Å². The number of hydrogen-bond donors (Lipinski definition) is 0. The van der Waals surface area contributed by atoms with Gasteiger partial charge in [0.05, 0.1) is 0 Å². The average Bonchev–Trinajstić information content (AvgIpc) is 2.75. The van der Waals surface area contributed by atoms with Crippen molar-refractivity contribution in [2.75, 3.05) is 26.7 Å². The molecule has 0 saturated carbocycles. The third-order valence-electron chi connectivity index (χ3n) is 4.60. The molecule has 0 aromatic rings. The Balaban J connectivity index is 2.32. The van der Waals surface area contributed by atoms with E-state index in [1.165, 1.54) is 45.3 Å². The summed E-state index contributed by atoms with van der Waals surface area (Å²) >= 11 is 0. The third-order valence-corrected chi connectivity index (χ3v) is 4.60. The Bertz CT molecular complexity index is 205. The van der Waals surface area contributed by atoms with Gasteiger partial charge in [-0.25, -0.2) is 0 Å². The smallest absolute Gasteiger partial charge is 0.0105 e. The van der Waals surface area contributed by atoms with Gasteiger partial charge in [-0.05, 0) is 58.7 Å². The quantitative estimate of drug-likeness (QED) is 0.674. The molecule has 2 heteroatoms. The van der Waals surface area contributed by atoms with Gasteiger partial charge in [0.25, 0.3) is 0 Å². The van der Waals surface area contributed by atoms with E-state index in [1.807, 2.05) is 0 Å². The Labute approximate surface area is 108 Å². The van der Waals surface area contributed by atoms with Crippen LogP contribution < -0.4 is 0 Å². The maximum absolute atomic E-state index is 2.72. The monoisotopic (exact) mass is 240 g/mol. The summed E-state index contributed by atoms with van der Waals surface area (Å²) in [5.41, 5.74) is 0. The fourth-order valence-electron chi connectivity index (χ4n) is 2.83. The standard InChI is InChI=1S/C15H32N2/c1-6-14(4)16(5)10-9-15(7-2)17-11-8-13(3)12-17/h13-15H,6-12H2,1-5H3. The zero-order valence-corrected chi connectivity index (χ0v) is 12.6.